The fourth-order valence-electron chi connectivity index (χ4n) is 3.76. The SMILES string of the molecule is COc1cc2cc[n+]3c(c2cc1OC)Cc1ccc(OC)c(OC)c1C3. The summed E-state index contributed by atoms with van der Waals surface area (Å²) in [6, 6.07) is 10.3. The van der Waals surface area contributed by atoms with Gasteiger partial charge in [0.15, 0.2) is 41.4 Å². The molecule has 1 aromatic heterocycles. The van der Waals surface area contributed by atoms with Gasteiger partial charge in [-0.3, -0.25) is 0 Å². The van der Waals surface area contributed by atoms with E-state index in [1.807, 2.05) is 12.1 Å². The minimum Gasteiger partial charge on any atom is -0.493 e. The molecular formula is C21H22NO4+. The van der Waals surface area contributed by atoms with E-state index in [0.29, 0.717) is 0 Å². The van der Waals surface area contributed by atoms with E-state index in [4.69, 9.17) is 18.9 Å². The Balaban J connectivity index is 1.89. The molecule has 0 N–H and O–H groups in total. The molecule has 5 nitrogen and oxygen atoms in total. The van der Waals surface area contributed by atoms with Crippen molar-refractivity contribution in [3.8, 4) is 23.0 Å². The molecular weight excluding hydrogens is 330 g/mol. The van der Waals surface area contributed by atoms with Crippen molar-refractivity contribution in [1.29, 1.82) is 0 Å². The Morgan fingerprint density at radius 2 is 1.54 bits per heavy atom. The van der Waals surface area contributed by atoms with Gasteiger partial charge in [-0.25, -0.2) is 0 Å². The van der Waals surface area contributed by atoms with Gasteiger partial charge in [-0.05, 0) is 29.1 Å². The second kappa shape index (κ2) is 6.41. The van der Waals surface area contributed by atoms with Gasteiger partial charge in [0.1, 0.15) is 0 Å². The van der Waals surface area contributed by atoms with Gasteiger partial charge in [0.2, 0.25) is 0 Å². The smallest absolute Gasteiger partial charge is 0.194 e. The molecule has 134 valence electrons. The predicted octanol–water partition coefficient (Wildman–Crippen LogP) is 3.11. The molecule has 0 bridgehead atoms. The Labute approximate surface area is 152 Å². The Bertz CT molecular complexity index is 997. The zero-order chi connectivity index (χ0) is 18.3. The molecule has 3 aromatic rings. The summed E-state index contributed by atoms with van der Waals surface area (Å²) >= 11 is 0. The van der Waals surface area contributed by atoms with Crippen LogP contribution in [0.25, 0.3) is 10.8 Å². The van der Waals surface area contributed by atoms with Crippen LogP contribution in [0.2, 0.25) is 0 Å². The number of benzene rings is 2. The largest absolute Gasteiger partial charge is 0.493 e. The lowest BCUT2D eigenvalue weighted by Crippen LogP contribution is -2.42. The lowest BCUT2D eigenvalue weighted by molar-refractivity contribution is -0.696. The first kappa shape index (κ1) is 16.5. The molecule has 0 radical (unpaired) electrons. The Hall–Kier alpha value is -2.95. The summed E-state index contributed by atoms with van der Waals surface area (Å²) in [7, 11) is 6.68. The van der Waals surface area contributed by atoms with Crippen LogP contribution in [-0.2, 0) is 13.0 Å². The van der Waals surface area contributed by atoms with Crippen molar-refractivity contribution in [2.24, 2.45) is 0 Å². The summed E-state index contributed by atoms with van der Waals surface area (Å²) in [5.74, 6) is 3.07. The Kier molecular flexibility index (Phi) is 4.07. The van der Waals surface area contributed by atoms with E-state index >= 15 is 0 Å². The molecule has 2 aromatic carbocycles. The summed E-state index contributed by atoms with van der Waals surface area (Å²) < 4.78 is 24.3. The number of hydrogen-bond donors (Lipinski definition) is 0. The molecule has 1 aliphatic rings. The molecule has 0 spiro atoms. The molecule has 5 heteroatoms. The molecule has 4 rings (SSSR count). The molecule has 0 unspecified atom stereocenters. The van der Waals surface area contributed by atoms with E-state index in [0.717, 1.165) is 41.3 Å². The number of ether oxygens (including phenoxy) is 4. The van der Waals surface area contributed by atoms with Gasteiger partial charge in [0.25, 0.3) is 0 Å². The van der Waals surface area contributed by atoms with E-state index in [1.54, 1.807) is 28.4 Å². The molecule has 0 atom stereocenters. The van der Waals surface area contributed by atoms with Crippen LogP contribution in [0.1, 0.15) is 16.8 Å². The highest BCUT2D eigenvalue weighted by atomic mass is 16.5. The second-order valence-electron chi connectivity index (χ2n) is 6.30. The van der Waals surface area contributed by atoms with Crippen LogP contribution in [0.4, 0.5) is 0 Å². The van der Waals surface area contributed by atoms with E-state index in [-0.39, 0.29) is 0 Å². The average Bonchev–Trinajstić information content (AvgIpc) is 2.70. The zero-order valence-corrected chi connectivity index (χ0v) is 15.5. The van der Waals surface area contributed by atoms with Crippen molar-refractivity contribution in [1.82, 2.24) is 0 Å². The number of fused-ring (bicyclic) bond motifs is 4. The molecule has 0 saturated heterocycles. The fourth-order valence-corrected chi connectivity index (χ4v) is 3.76. The van der Waals surface area contributed by atoms with Crippen molar-refractivity contribution < 1.29 is 23.5 Å². The first-order chi connectivity index (χ1) is 12.7. The van der Waals surface area contributed by atoms with Crippen LogP contribution in [0, 0.1) is 0 Å². The third-order valence-electron chi connectivity index (χ3n) is 5.08. The van der Waals surface area contributed by atoms with Gasteiger partial charge < -0.3 is 18.9 Å². The second-order valence-corrected chi connectivity index (χ2v) is 6.30. The summed E-state index contributed by atoms with van der Waals surface area (Å²) in [6.07, 6.45) is 2.94. The summed E-state index contributed by atoms with van der Waals surface area (Å²) in [5, 5.41) is 2.31. The fraction of sp³-hybridized carbons (Fsp3) is 0.286. The number of aromatic nitrogens is 1. The van der Waals surface area contributed by atoms with Crippen LogP contribution in [0.5, 0.6) is 23.0 Å². The van der Waals surface area contributed by atoms with Gasteiger partial charge in [0.05, 0.1) is 45.8 Å². The zero-order valence-electron chi connectivity index (χ0n) is 15.5. The normalized spacial score (nSPS) is 12.3. The maximum absolute atomic E-state index is 5.63. The monoisotopic (exact) mass is 352 g/mol. The quantitative estimate of drug-likeness (QED) is 0.529. The molecule has 2 heterocycles. The Morgan fingerprint density at radius 3 is 2.23 bits per heavy atom. The number of hydrogen-bond acceptors (Lipinski definition) is 4. The minimum atomic E-state index is 0.743. The van der Waals surface area contributed by atoms with Crippen LogP contribution in [-0.4, -0.2) is 28.4 Å². The summed E-state index contributed by atoms with van der Waals surface area (Å²) in [6.45, 7) is 0.745. The third kappa shape index (κ3) is 2.43. The molecule has 0 aliphatic carbocycles. The van der Waals surface area contributed by atoms with Gasteiger partial charge in [-0.1, -0.05) is 6.07 Å². The van der Waals surface area contributed by atoms with Crippen molar-refractivity contribution in [2.75, 3.05) is 28.4 Å². The molecule has 0 amide bonds. The molecule has 26 heavy (non-hydrogen) atoms. The first-order valence-electron chi connectivity index (χ1n) is 8.50. The van der Waals surface area contributed by atoms with Crippen molar-refractivity contribution in [2.45, 2.75) is 13.0 Å². The first-order valence-corrected chi connectivity index (χ1v) is 8.50. The maximum atomic E-state index is 5.63. The van der Waals surface area contributed by atoms with E-state index in [2.05, 4.69) is 29.0 Å². The van der Waals surface area contributed by atoms with Crippen LogP contribution < -0.4 is 23.5 Å². The van der Waals surface area contributed by atoms with Crippen molar-refractivity contribution >= 4 is 10.8 Å². The number of nitrogens with zero attached hydrogens (tertiary/aromatic N) is 1. The summed E-state index contributed by atoms with van der Waals surface area (Å²) in [4.78, 5) is 0. The number of pyridine rings is 1. The van der Waals surface area contributed by atoms with Crippen LogP contribution in [0.3, 0.4) is 0 Å². The number of rotatable bonds is 4. The van der Waals surface area contributed by atoms with Gasteiger partial charge >= 0.3 is 0 Å². The Morgan fingerprint density at radius 1 is 0.808 bits per heavy atom. The lowest BCUT2D eigenvalue weighted by Gasteiger charge is -2.20. The minimum absolute atomic E-state index is 0.743. The molecule has 1 aliphatic heterocycles. The standard InChI is InChI=1S/C21H22NO4/c1-23-18-6-5-13-9-17-15-11-20(25-3)19(24-2)10-14(15)7-8-22(17)12-16(13)21(18)26-4/h5-8,10-11H,9,12H2,1-4H3/q+1. The third-order valence-corrected chi connectivity index (χ3v) is 5.08. The highest BCUT2D eigenvalue weighted by Gasteiger charge is 2.28. The van der Waals surface area contributed by atoms with E-state index < -0.39 is 0 Å². The van der Waals surface area contributed by atoms with Crippen molar-refractivity contribution in [3.63, 3.8) is 0 Å². The maximum Gasteiger partial charge on any atom is 0.194 e. The highest BCUT2D eigenvalue weighted by Crippen LogP contribution is 2.38. The topological polar surface area (TPSA) is 40.8 Å². The van der Waals surface area contributed by atoms with Crippen molar-refractivity contribution in [3.05, 3.63) is 53.3 Å². The molecule has 0 saturated carbocycles. The average molecular weight is 352 g/mol. The highest BCUT2D eigenvalue weighted by molar-refractivity contribution is 5.87. The van der Waals surface area contributed by atoms with Crippen LogP contribution in [0.15, 0.2) is 36.5 Å². The van der Waals surface area contributed by atoms with Gasteiger partial charge in [0, 0.05) is 6.07 Å². The van der Waals surface area contributed by atoms with E-state index in [9.17, 15) is 0 Å². The predicted molar refractivity (Wildman–Crippen MR) is 98.7 cm³/mol. The molecule has 0 fully saturated rings. The van der Waals surface area contributed by atoms with E-state index in [1.165, 1.54) is 22.2 Å². The van der Waals surface area contributed by atoms with Crippen LogP contribution >= 0.6 is 0 Å². The van der Waals surface area contributed by atoms with Gasteiger partial charge in [-0.15, -0.1) is 0 Å². The summed E-state index contributed by atoms with van der Waals surface area (Å²) in [5.41, 5.74) is 3.68. The number of methoxy groups -OCH3 is 4. The lowest BCUT2D eigenvalue weighted by atomic mass is 9.94. The van der Waals surface area contributed by atoms with Gasteiger partial charge in [-0.2, -0.15) is 4.57 Å².